The summed E-state index contributed by atoms with van der Waals surface area (Å²) >= 11 is 0. The molecular weight excluding hydrogens is 214 g/mol. The third-order valence-corrected chi connectivity index (χ3v) is 2.63. The van der Waals surface area contributed by atoms with Crippen LogP contribution in [0.5, 0.6) is 0 Å². The Labute approximate surface area is 103 Å². The number of benzene rings is 1. The number of nitrogens with two attached hydrogens (primary N) is 1. The van der Waals surface area contributed by atoms with Crippen LogP contribution in [0.25, 0.3) is 0 Å². The topological polar surface area (TPSA) is 52.3 Å². The van der Waals surface area contributed by atoms with Crippen LogP contribution in [0.3, 0.4) is 0 Å². The van der Waals surface area contributed by atoms with Gasteiger partial charge in [-0.15, -0.1) is 0 Å². The van der Waals surface area contributed by atoms with Crippen molar-refractivity contribution in [2.24, 2.45) is 5.73 Å². The minimum Gasteiger partial charge on any atom is -0.462 e. The summed E-state index contributed by atoms with van der Waals surface area (Å²) in [6.45, 7) is 2.99. The zero-order valence-electron chi connectivity index (χ0n) is 10.4. The first kappa shape index (κ1) is 13.7. The van der Waals surface area contributed by atoms with Crippen LogP contribution in [0.2, 0.25) is 0 Å². The van der Waals surface area contributed by atoms with E-state index in [1.807, 2.05) is 31.2 Å². The molecule has 3 heteroatoms. The van der Waals surface area contributed by atoms with E-state index in [1.54, 1.807) is 0 Å². The van der Waals surface area contributed by atoms with Crippen LogP contribution in [0.1, 0.15) is 42.1 Å². The molecule has 0 radical (unpaired) electrons. The molecule has 0 unspecified atom stereocenters. The summed E-state index contributed by atoms with van der Waals surface area (Å²) < 4.78 is 4.93. The Hall–Kier alpha value is -1.35. The molecule has 0 spiro atoms. The fourth-order valence-electron chi connectivity index (χ4n) is 1.67. The van der Waals surface area contributed by atoms with E-state index >= 15 is 0 Å². The maximum Gasteiger partial charge on any atom is 0.338 e. The van der Waals surface area contributed by atoms with Gasteiger partial charge >= 0.3 is 5.97 Å². The van der Waals surface area contributed by atoms with Crippen LogP contribution in [0.15, 0.2) is 24.3 Å². The van der Waals surface area contributed by atoms with Crippen molar-refractivity contribution in [2.45, 2.75) is 32.6 Å². The molecule has 0 aliphatic heterocycles. The van der Waals surface area contributed by atoms with Crippen molar-refractivity contribution in [2.75, 3.05) is 13.2 Å². The van der Waals surface area contributed by atoms with Crippen molar-refractivity contribution < 1.29 is 9.53 Å². The minimum atomic E-state index is -0.248. The Morgan fingerprint density at radius 1 is 1.18 bits per heavy atom. The van der Waals surface area contributed by atoms with Crippen LogP contribution in [0, 0.1) is 0 Å². The Morgan fingerprint density at radius 3 is 2.47 bits per heavy atom. The van der Waals surface area contributed by atoms with Gasteiger partial charge in [0.05, 0.1) is 12.2 Å². The van der Waals surface area contributed by atoms with Crippen LogP contribution in [0.4, 0.5) is 0 Å². The average molecular weight is 235 g/mol. The summed E-state index contributed by atoms with van der Waals surface area (Å²) in [6.07, 6.45) is 4.44. The van der Waals surface area contributed by atoms with Gasteiger partial charge < -0.3 is 10.5 Å². The molecule has 1 rings (SSSR count). The maximum atomic E-state index is 11.4. The molecule has 0 heterocycles. The number of rotatable bonds is 7. The first-order valence-electron chi connectivity index (χ1n) is 6.24. The van der Waals surface area contributed by atoms with Gasteiger partial charge in [-0.25, -0.2) is 4.79 Å². The van der Waals surface area contributed by atoms with Gasteiger partial charge in [0.2, 0.25) is 0 Å². The van der Waals surface area contributed by atoms with E-state index in [0.717, 1.165) is 32.2 Å². The van der Waals surface area contributed by atoms with Crippen molar-refractivity contribution in [1.82, 2.24) is 0 Å². The predicted octanol–water partition coefficient (Wildman–Crippen LogP) is 2.53. The Kier molecular flexibility index (Phi) is 6.33. The van der Waals surface area contributed by atoms with Gasteiger partial charge in [-0.05, 0) is 50.4 Å². The van der Waals surface area contributed by atoms with E-state index < -0.39 is 0 Å². The fourth-order valence-corrected chi connectivity index (χ4v) is 1.67. The molecule has 0 fully saturated rings. The molecule has 94 valence electrons. The number of hydrogen-bond acceptors (Lipinski definition) is 3. The number of unbranched alkanes of at least 4 members (excludes halogenated alkanes) is 2. The molecule has 2 N–H and O–H groups in total. The highest BCUT2D eigenvalue weighted by atomic mass is 16.5. The van der Waals surface area contributed by atoms with Gasteiger partial charge in [-0.3, -0.25) is 0 Å². The van der Waals surface area contributed by atoms with Crippen molar-refractivity contribution >= 4 is 5.97 Å². The summed E-state index contributed by atoms with van der Waals surface area (Å²) in [6, 6.07) is 7.65. The SMILES string of the molecule is CCOC(=O)c1ccc(CCCCCN)cc1. The van der Waals surface area contributed by atoms with Crippen LogP contribution in [-0.2, 0) is 11.2 Å². The van der Waals surface area contributed by atoms with E-state index in [1.165, 1.54) is 5.56 Å². The second-order valence-electron chi connectivity index (χ2n) is 4.02. The van der Waals surface area contributed by atoms with E-state index in [0.29, 0.717) is 12.2 Å². The van der Waals surface area contributed by atoms with Crippen LogP contribution in [-0.4, -0.2) is 19.1 Å². The van der Waals surface area contributed by atoms with Crippen molar-refractivity contribution in [3.05, 3.63) is 35.4 Å². The number of aryl methyl sites for hydroxylation is 1. The average Bonchev–Trinajstić information content (AvgIpc) is 2.36. The summed E-state index contributed by atoms with van der Waals surface area (Å²) in [5.74, 6) is -0.248. The molecule has 0 aliphatic rings. The molecular formula is C14H21NO2. The molecule has 0 saturated heterocycles. The number of carbonyl (C=O) groups is 1. The molecule has 0 aliphatic carbocycles. The Morgan fingerprint density at radius 2 is 1.88 bits per heavy atom. The fraction of sp³-hybridized carbons (Fsp3) is 0.500. The lowest BCUT2D eigenvalue weighted by Crippen LogP contribution is -2.04. The Balaban J connectivity index is 2.42. The molecule has 0 saturated carbocycles. The van der Waals surface area contributed by atoms with Crippen molar-refractivity contribution in [3.8, 4) is 0 Å². The Bertz CT molecular complexity index is 333. The third kappa shape index (κ3) is 5.00. The summed E-state index contributed by atoms with van der Waals surface area (Å²) in [5.41, 5.74) is 7.32. The third-order valence-electron chi connectivity index (χ3n) is 2.63. The number of carbonyl (C=O) groups excluding carboxylic acids is 1. The standard InChI is InChI=1S/C14H21NO2/c1-2-17-14(16)13-9-7-12(8-10-13)6-4-3-5-11-15/h7-10H,2-6,11,15H2,1H3. The van der Waals surface area contributed by atoms with Gasteiger partial charge in [-0.2, -0.15) is 0 Å². The molecule has 1 aromatic rings. The molecule has 0 amide bonds. The molecule has 17 heavy (non-hydrogen) atoms. The summed E-state index contributed by atoms with van der Waals surface area (Å²) in [4.78, 5) is 11.4. The van der Waals surface area contributed by atoms with E-state index in [2.05, 4.69) is 0 Å². The normalized spacial score (nSPS) is 10.2. The molecule has 3 nitrogen and oxygen atoms in total. The molecule has 0 atom stereocenters. The van der Waals surface area contributed by atoms with Gasteiger partial charge in [0.15, 0.2) is 0 Å². The monoisotopic (exact) mass is 235 g/mol. The lowest BCUT2D eigenvalue weighted by atomic mass is 10.1. The second kappa shape index (κ2) is 7.85. The zero-order valence-corrected chi connectivity index (χ0v) is 10.4. The molecule has 0 aromatic heterocycles. The quantitative estimate of drug-likeness (QED) is 0.583. The lowest BCUT2D eigenvalue weighted by molar-refractivity contribution is 0.0526. The van der Waals surface area contributed by atoms with E-state index in [-0.39, 0.29) is 5.97 Å². The first-order valence-corrected chi connectivity index (χ1v) is 6.24. The highest BCUT2D eigenvalue weighted by molar-refractivity contribution is 5.89. The molecule has 1 aromatic carbocycles. The highest BCUT2D eigenvalue weighted by Crippen LogP contribution is 2.09. The van der Waals surface area contributed by atoms with Crippen molar-refractivity contribution in [1.29, 1.82) is 0 Å². The van der Waals surface area contributed by atoms with Gasteiger partial charge in [0.25, 0.3) is 0 Å². The largest absolute Gasteiger partial charge is 0.462 e. The maximum absolute atomic E-state index is 11.4. The zero-order chi connectivity index (χ0) is 12.5. The van der Waals surface area contributed by atoms with Gasteiger partial charge in [-0.1, -0.05) is 18.6 Å². The summed E-state index contributed by atoms with van der Waals surface area (Å²) in [5, 5.41) is 0. The summed E-state index contributed by atoms with van der Waals surface area (Å²) in [7, 11) is 0. The highest BCUT2D eigenvalue weighted by Gasteiger charge is 2.05. The number of esters is 1. The number of hydrogen-bond donors (Lipinski definition) is 1. The minimum absolute atomic E-state index is 0.248. The van der Waals surface area contributed by atoms with E-state index in [4.69, 9.17) is 10.5 Å². The smallest absolute Gasteiger partial charge is 0.338 e. The van der Waals surface area contributed by atoms with Crippen molar-refractivity contribution in [3.63, 3.8) is 0 Å². The number of ether oxygens (including phenoxy) is 1. The van der Waals surface area contributed by atoms with E-state index in [9.17, 15) is 4.79 Å². The first-order chi connectivity index (χ1) is 8.27. The van der Waals surface area contributed by atoms with Crippen LogP contribution >= 0.6 is 0 Å². The van der Waals surface area contributed by atoms with Crippen LogP contribution < -0.4 is 5.73 Å². The molecule has 0 bridgehead atoms. The predicted molar refractivity (Wildman–Crippen MR) is 69.0 cm³/mol. The second-order valence-corrected chi connectivity index (χ2v) is 4.02. The lowest BCUT2D eigenvalue weighted by Gasteiger charge is -2.04. The van der Waals surface area contributed by atoms with Gasteiger partial charge in [0.1, 0.15) is 0 Å². The van der Waals surface area contributed by atoms with Gasteiger partial charge in [0, 0.05) is 0 Å².